The van der Waals surface area contributed by atoms with Gasteiger partial charge in [0, 0.05) is 23.2 Å². The van der Waals surface area contributed by atoms with E-state index in [-0.39, 0.29) is 11.8 Å². The maximum atomic E-state index is 13.2. The van der Waals surface area contributed by atoms with Crippen LogP contribution in [0.4, 0.5) is 5.82 Å². The molecule has 1 aromatic carbocycles. The van der Waals surface area contributed by atoms with Crippen molar-refractivity contribution in [2.45, 2.75) is 51.5 Å². The average molecular weight is 378 g/mol. The molecule has 1 saturated carbocycles. The second kappa shape index (κ2) is 8.00. The number of anilines is 1. The molecule has 0 spiro atoms. The van der Waals surface area contributed by atoms with Crippen molar-refractivity contribution in [3.05, 3.63) is 48.5 Å². The summed E-state index contributed by atoms with van der Waals surface area (Å²) in [5.41, 5.74) is 0. The first-order valence-electron chi connectivity index (χ1n) is 10.0. The summed E-state index contributed by atoms with van der Waals surface area (Å²) in [6.45, 7) is 1.79. The summed E-state index contributed by atoms with van der Waals surface area (Å²) in [6, 6.07) is 8.87. The number of aryl methyl sites for hydroxylation is 1. The van der Waals surface area contributed by atoms with E-state index in [4.69, 9.17) is 0 Å². The third-order valence-corrected chi connectivity index (χ3v) is 5.67. The van der Waals surface area contributed by atoms with E-state index in [0.717, 1.165) is 23.6 Å². The van der Waals surface area contributed by atoms with Gasteiger partial charge < -0.3 is 15.0 Å². The van der Waals surface area contributed by atoms with Crippen molar-refractivity contribution in [2.24, 2.45) is 5.92 Å². The van der Waals surface area contributed by atoms with Gasteiger partial charge in [0.05, 0.1) is 0 Å². The topological polar surface area (TPSA) is 80.0 Å². The molecule has 1 fully saturated rings. The molecule has 146 valence electrons. The fourth-order valence-electron chi connectivity index (χ4n) is 4.22. The zero-order chi connectivity index (χ0) is 19.5. The molecule has 0 saturated heterocycles. The van der Waals surface area contributed by atoms with Crippen LogP contribution < -0.4 is 5.32 Å². The number of amides is 1. The summed E-state index contributed by atoms with van der Waals surface area (Å²) in [6.07, 6.45) is 10.2. The zero-order valence-electron chi connectivity index (χ0n) is 16.1. The Morgan fingerprint density at radius 1 is 1.25 bits per heavy atom. The van der Waals surface area contributed by atoms with Crippen LogP contribution in [0.15, 0.2) is 42.7 Å². The third kappa shape index (κ3) is 3.86. The monoisotopic (exact) mass is 378 g/mol. The minimum atomic E-state index is -0.481. The Balaban J connectivity index is 1.66. The molecule has 0 bridgehead atoms. The van der Waals surface area contributed by atoms with Crippen LogP contribution in [-0.2, 0) is 4.79 Å². The number of hydrogen-bond acceptors (Lipinski definition) is 4. The molecular weight excluding hydrogens is 352 g/mol. The van der Waals surface area contributed by atoms with E-state index >= 15 is 0 Å². The number of carbonyl (C=O) groups is 1. The van der Waals surface area contributed by atoms with E-state index in [9.17, 15) is 9.90 Å². The van der Waals surface area contributed by atoms with Crippen LogP contribution in [0.1, 0.15) is 50.4 Å². The number of nitrogens with one attached hydrogen (secondary N) is 1. The van der Waals surface area contributed by atoms with E-state index in [2.05, 4.69) is 15.3 Å². The van der Waals surface area contributed by atoms with E-state index in [0.29, 0.717) is 24.0 Å². The maximum Gasteiger partial charge on any atom is 0.248 e. The normalized spacial score (nSPS) is 16.2. The second-order valence-electron chi connectivity index (χ2n) is 7.68. The van der Waals surface area contributed by atoms with Crippen LogP contribution >= 0.6 is 0 Å². The molecule has 2 N–H and O–H groups in total. The fourth-order valence-corrected chi connectivity index (χ4v) is 4.22. The number of fused-ring (bicyclic) bond motifs is 1. The molecule has 0 radical (unpaired) electrons. The van der Waals surface area contributed by atoms with Gasteiger partial charge in [-0.15, -0.1) is 0 Å². The number of nitrogens with zero attached hydrogens (tertiary/aromatic N) is 3. The van der Waals surface area contributed by atoms with Crippen molar-refractivity contribution in [2.75, 3.05) is 5.32 Å². The Hall–Kier alpha value is -2.89. The molecule has 6 nitrogen and oxygen atoms in total. The smallest absolute Gasteiger partial charge is 0.248 e. The van der Waals surface area contributed by atoms with Crippen LogP contribution in [0.2, 0.25) is 0 Å². The number of hydrogen-bond donors (Lipinski definition) is 2. The maximum absolute atomic E-state index is 13.2. The highest BCUT2D eigenvalue weighted by Gasteiger charge is 2.28. The summed E-state index contributed by atoms with van der Waals surface area (Å²) in [7, 11) is 0. The van der Waals surface area contributed by atoms with Crippen LogP contribution in [0.3, 0.4) is 0 Å². The molecule has 2 heterocycles. The van der Waals surface area contributed by atoms with Crippen LogP contribution in [0.25, 0.3) is 10.8 Å². The van der Waals surface area contributed by atoms with Gasteiger partial charge in [0.2, 0.25) is 5.91 Å². The molecule has 0 aliphatic heterocycles. The zero-order valence-corrected chi connectivity index (χ0v) is 16.1. The molecule has 1 aliphatic carbocycles. The van der Waals surface area contributed by atoms with Crippen molar-refractivity contribution in [1.29, 1.82) is 0 Å². The Morgan fingerprint density at radius 3 is 2.79 bits per heavy atom. The van der Waals surface area contributed by atoms with E-state index in [1.165, 1.54) is 19.3 Å². The molecule has 2 aromatic heterocycles. The molecule has 3 aromatic rings. The summed E-state index contributed by atoms with van der Waals surface area (Å²) in [5.74, 6) is 1.57. The summed E-state index contributed by atoms with van der Waals surface area (Å²) in [4.78, 5) is 21.6. The van der Waals surface area contributed by atoms with Gasteiger partial charge in [-0.05, 0) is 31.4 Å². The summed E-state index contributed by atoms with van der Waals surface area (Å²) < 4.78 is 1.72. The molecule has 1 atom stereocenters. The second-order valence-corrected chi connectivity index (χ2v) is 7.68. The predicted octanol–water partition coefficient (Wildman–Crippen LogP) is 4.60. The van der Waals surface area contributed by atoms with E-state index in [1.807, 2.05) is 30.5 Å². The molecule has 1 aliphatic rings. The highest BCUT2D eigenvalue weighted by atomic mass is 16.3. The van der Waals surface area contributed by atoms with Crippen LogP contribution in [0.5, 0.6) is 5.88 Å². The molecule has 0 unspecified atom stereocenters. The Bertz CT molecular complexity index is 976. The lowest BCUT2D eigenvalue weighted by atomic mass is 9.84. The van der Waals surface area contributed by atoms with Gasteiger partial charge >= 0.3 is 0 Å². The van der Waals surface area contributed by atoms with Crippen molar-refractivity contribution in [3.63, 3.8) is 0 Å². The van der Waals surface area contributed by atoms with Gasteiger partial charge in [0.1, 0.15) is 17.7 Å². The van der Waals surface area contributed by atoms with Gasteiger partial charge in [-0.2, -0.15) is 0 Å². The molecule has 1 amide bonds. The lowest BCUT2D eigenvalue weighted by molar-refractivity contribution is -0.120. The third-order valence-electron chi connectivity index (χ3n) is 5.67. The molecular formula is C22H26N4O2. The quantitative estimate of drug-likeness (QED) is 0.680. The number of aromatic hydroxyl groups is 1. The number of rotatable bonds is 5. The van der Waals surface area contributed by atoms with Gasteiger partial charge in [-0.3, -0.25) is 4.79 Å². The van der Waals surface area contributed by atoms with Crippen molar-refractivity contribution >= 4 is 22.5 Å². The van der Waals surface area contributed by atoms with Crippen LogP contribution in [0, 0.1) is 12.8 Å². The van der Waals surface area contributed by atoms with Gasteiger partial charge in [-0.1, -0.05) is 50.3 Å². The number of aromatic nitrogens is 3. The predicted molar refractivity (Wildman–Crippen MR) is 109 cm³/mol. The first-order chi connectivity index (χ1) is 13.6. The molecule has 28 heavy (non-hydrogen) atoms. The van der Waals surface area contributed by atoms with E-state index in [1.54, 1.807) is 23.8 Å². The van der Waals surface area contributed by atoms with Gasteiger partial charge in [-0.25, -0.2) is 9.97 Å². The van der Waals surface area contributed by atoms with Crippen molar-refractivity contribution in [1.82, 2.24) is 14.5 Å². The Labute approximate surface area is 164 Å². The minimum Gasteiger partial charge on any atom is -0.494 e. The highest BCUT2D eigenvalue weighted by molar-refractivity contribution is 5.95. The summed E-state index contributed by atoms with van der Waals surface area (Å²) in [5, 5.41) is 15.4. The van der Waals surface area contributed by atoms with Crippen molar-refractivity contribution in [3.8, 4) is 5.88 Å². The number of carbonyl (C=O) groups excluding carboxylic acids is 1. The molecule has 6 heteroatoms. The Kier molecular flexibility index (Phi) is 5.28. The van der Waals surface area contributed by atoms with E-state index < -0.39 is 6.04 Å². The SMILES string of the molecule is Cc1nccc(NC(=O)[C@H](CC2CCCCC2)n2cc3ccccc3c2O)n1. The first kappa shape index (κ1) is 18.5. The lowest BCUT2D eigenvalue weighted by Crippen LogP contribution is -2.28. The standard InChI is InChI=1S/C22H26N4O2/c1-15-23-12-11-20(24-15)25-21(27)19(13-16-7-3-2-4-8-16)26-14-17-9-5-6-10-18(17)22(26)28/h5-6,9-12,14,16,19,28H,2-4,7-8,13H2,1H3,(H,23,24,25,27)/t19-/m0/s1. The fraction of sp³-hybridized carbons (Fsp3) is 0.409. The Morgan fingerprint density at radius 2 is 2.04 bits per heavy atom. The summed E-state index contributed by atoms with van der Waals surface area (Å²) >= 11 is 0. The van der Waals surface area contributed by atoms with Crippen molar-refractivity contribution < 1.29 is 9.90 Å². The van der Waals surface area contributed by atoms with Gasteiger partial charge in [0.15, 0.2) is 5.88 Å². The largest absolute Gasteiger partial charge is 0.494 e. The first-order valence-corrected chi connectivity index (χ1v) is 10.0. The average Bonchev–Trinajstić information content (AvgIpc) is 3.03. The highest BCUT2D eigenvalue weighted by Crippen LogP contribution is 2.36. The molecule has 4 rings (SSSR count). The van der Waals surface area contributed by atoms with Crippen LogP contribution in [-0.4, -0.2) is 25.5 Å². The minimum absolute atomic E-state index is 0.144. The number of benzene rings is 1. The van der Waals surface area contributed by atoms with Gasteiger partial charge in [0.25, 0.3) is 0 Å². The lowest BCUT2D eigenvalue weighted by Gasteiger charge is -2.27.